The van der Waals surface area contributed by atoms with Gasteiger partial charge >= 0.3 is 18.0 Å². The molecule has 0 spiro atoms. The van der Waals surface area contributed by atoms with Gasteiger partial charge in [-0.25, -0.2) is 19.7 Å². The van der Waals surface area contributed by atoms with Crippen LogP contribution < -0.4 is 20.7 Å². The molecule has 2 aromatic carbocycles. The molecule has 2 aromatic heterocycles. The number of aromatic nitrogens is 3. The van der Waals surface area contributed by atoms with Crippen LogP contribution in [0.4, 0.5) is 23.7 Å². The normalized spacial score (nSPS) is 10.9. The largest absolute Gasteiger partial charge is 0.542 e. The average molecular weight is 498 g/mol. The Morgan fingerprint density at radius 3 is 2.61 bits per heavy atom. The molecule has 0 aliphatic carbocycles. The summed E-state index contributed by atoms with van der Waals surface area (Å²) in [6.07, 6.45) is -5.19. The number of hydrogen-bond donors (Lipinski definition) is 3. The molecule has 13 heteroatoms. The molecule has 0 unspecified atom stereocenters. The number of aromatic amines is 2. The highest BCUT2D eigenvalue weighted by molar-refractivity contribution is 7.07. The van der Waals surface area contributed by atoms with Crippen LogP contribution in [0.1, 0.15) is 5.56 Å². The topological polar surface area (TPSA) is 124 Å². The van der Waals surface area contributed by atoms with Crippen LogP contribution in [0.25, 0.3) is 22.6 Å². The number of benzene rings is 2. The molecule has 172 valence electrons. The third-order valence-corrected chi connectivity index (χ3v) is 4.88. The van der Waals surface area contributed by atoms with Crippen LogP contribution in [0, 0.1) is 0 Å². The Labute approximate surface area is 193 Å². The quantitative estimate of drug-likeness (QED) is 0.400. The number of nitrogens with one attached hydrogen (secondary N) is 4. The zero-order valence-electron chi connectivity index (χ0n) is 16.5. The van der Waals surface area contributed by atoms with E-state index in [0.717, 1.165) is 28.1 Å². The summed E-state index contributed by atoms with van der Waals surface area (Å²) in [6, 6.07) is 12.7. The second kappa shape index (κ2) is 10.3. The summed E-state index contributed by atoms with van der Waals surface area (Å²) < 4.78 is 31.5. The lowest BCUT2D eigenvalue weighted by Crippen LogP contribution is -2.37. The third kappa shape index (κ3) is 6.92. The van der Waals surface area contributed by atoms with Crippen LogP contribution in [0.3, 0.4) is 0 Å². The molecule has 0 fully saturated rings. The van der Waals surface area contributed by atoms with Crippen LogP contribution >= 0.6 is 22.9 Å². The Balaban J connectivity index is 0.000000383. The lowest BCUT2D eigenvalue weighted by atomic mass is 10.2. The molecule has 0 atom stereocenters. The number of carbonyl (C=O) groups excluding carboxylic acids is 2. The van der Waals surface area contributed by atoms with E-state index in [0.29, 0.717) is 17.3 Å². The molecule has 0 saturated carbocycles. The second-order valence-corrected chi connectivity index (χ2v) is 7.64. The number of halogens is 4. The molecule has 33 heavy (non-hydrogen) atoms. The van der Waals surface area contributed by atoms with Crippen molar-refractivity contribution in [2.24, 2.45) is 0 Å². The summed E-state index contributed by atoms with van der Waals surface area (Å²) in [7, 11) is 0. The smallest absolute Gasteiger partial charge is 0.430 e. The highest BCUT2D eigenvalue weighted by Gasteiger charge is 2.28. The molecule has 0 bridgehead atoms. The lowest BCUT2D eigenvalue weighted by molar-refractivity contribution is -0.344. The summed E-state index contributed by atoms with van der Waals surface area (Å²) >= 11 is 7.48. The van der Waals surface area contributed by atoms with Gasteiger partial charge < -0.3 is 20.5 Å². The summed E-state index contributed by atoms with van der Waals surface area (Å²) in [5.74, 6) is -2.17. The summed E-state index contributed by atoms with van der Waals surface area (Å²) in [6.45, 7) is 0.402. The van der Waals surface area contributed by atoms with E-state index in [4.69, 9.17) is 21.5 Å². The number of alkyl halides is 3. The van der Waals surface area contributed by atoms with E-state index in [1.807, 2.05) is 41.8 Å². The number of urea groups is 1. The molecular formula is C20H15ClF3N5O3S. The maximum Gasteiger partial charge on any atom is 0.430 e. The van der Waals surface area contributed by atoms with Crippen molar-refractivity contribution in [1.29, 1.82) is 0 Å². The minimum absolute atomic E-state index is 0.278. The highest BCUT2D eigenvalue weighted by Crippen LogP contribution is 2.19. The first kappa shape index (κ1) is 24.0. The van der Waals surface area contributed by atoms with Crippen molar-refractivity contribution in [2.75, 3.05) is 5.32 Å². The molecular weight excluding hydrogens is 483 g/mol. The molecule has 0 saturated heterocycles. The van der Waals surface area contributed by atoms with Gasteiger partial charge in [0, 0.05) is 28.7 Å². The predicted molar refractivity (Wildman–Crippen MR) is 114 cm³/mol. The van der Waals surface area contributed by atoms with Crippen LogP contribution in [0.2, 0.25) is 5.02 Å². The minimum atomic E-state index is -5.19. The number of carboxylic acids is 1. The number of imidazole rings is 1. The fourth-order valence-corrected chi connectivity index (χ4v) is 3.36. The first-order valence-electron chi connectivity index (χ1n) is 9.13. The van der Waals surface area contributed by atoms with Crippen molar-refractivity contribution in [3.63, 3.8) is 0 Å². The Bertz CT molecular complexity index is 1260. The first-order chi connectivity index (χ1) is 15.6. The molecule has 2 heterocycles. The Hall–Kier alpha value is -3.64. The van der Waals surface area contributed by atoms with Gasteiger partial charge in [-0.2, -0.15) is 13.2 Å². The third-order valence-electron chi connectivity index (χ3n) is 4.06. The minimum Gasteiger partial charge on any atom is -0.542 e. The maximum atomic E-state index is 12.1. The van der Waals surface area contributed by atoms with E-state index in [2.05, 4.69) is 25.6 Å². The number of nitrogens with zero attached hydrogens (tertiary/aromatic N) is 1. The van der Waals surface area contributed by atoms with E-state index < -0.39 is 12.1 Å². The van der Waals surface area contributed by atoms with Crippen LogP contribution in [0.15, 0.2) is 53.4 Å². The fourth-order valence-electron chi connectivity index (χ4n) is 2.60. The van der Waals surface area contributed by atoms with E-state index in [9.17, 15) is 18.0 Å². The van der Waals surface area contributed by atoms with Crippen molar-refractivity contribution < 1.29 is 32.9 Å². The SMILES string of the molecule is O=C(NCc1cccc(Cl)c1)Nc1ccc2[nH+]c(-c3cscn3)[nH]c2c1.O=C([O-])C(F)(F)F. The number of H-pyrrole nitrogens is 2. The number of carbonyl (C=O) groups is 2. The fraction of sp³-hybridized carbons (Fsp3) is 0.100. The molecule has 2 amide bonds. The summed E-state index contributed by atoms with van der Waals surface area (Å²) in [5.41, 5.74) is 6.11. The number of aliphatic carboxylic acids is 1. The number of hydrogen-bond acceptors (Lipinski definition) is 5. The number of carboxylic acid groups (broad SMARTS) is 1. The Morgan fingerprint density at radius 1 is 1.21 bits per heavy atom. The van der Waals surface area contributed by atoms with E-state index in [1.54, 1.807) is 11.6 Å². The van der Waals surface area contributed by atoms with Crippen LogP contribution in [0.5, 0.6) is 0 Å². The van der Waals surface area contributed by atoms with Crippen LogP contribution in [-0.4, -0.2) is 28.1 Å². The Morgan fingerprint density at radius 2 is 1.97 bits per heavy atom. The number of fused-ring (bicyclic) bond motifs is 1. The van der Waals surface area contributed by atoms with Gasteiger partial charge in [-0.15, -0.1) is 11.3 Å². The molecule has 4 aromatic rings. The number of rotatable bonds is 4. The number of anilines is 1. The second-order valence-electron chi connectivity index (χ2n) is 6.48. The molecule has 0 aliphatic rings. The van der Waals surface area contributed by atoms with Gasteiger partial charge in [-0.3, -0.25) is 0 Å². The number of thiazole rings is 1. The van der Waals surface area contributed by atoms with Crippen LogP contribution in [-0.2, 0) is 11.3 Å². The Kier molecular flexibility index (Phi) is 7.51. The van der Waals surface area contributed by atoms with E-state index in [1.165, 1.54) is 11.3 Å². The van der Waals surface area contributed by atoms with Crippen molar-refractivity contribution in [3.05, 3.63) is 63.9 Å². The molecule has 0 radical (unpaired) electrons. The van der Waals surface area contributed by atoms with Gasteiger partial charge in [-0.05, 0) is 29.8 Å². The average Bonchev–Trinajstić information content (AvgIpc) is 3.41. The lowest BCUT2D eigenvalue weighted by Gasteiger charge is -2.07. The first-order valence-corrected chi connectivity index (χ1v) is 10.4. The predicted octanol–water partition coefficient (Wildman–Crippen LogP) is 3.38. The monoisotopic (exact) mass is 497 g/mol. The zero-order chi connectivity index (χ0) is 24.0. The van der Waals surface area contributed by atoms with Gasteiger partial charge in [0.25, 0.3) is 0 Å². The highest BCUT2D eigenvalue weighted by atomic mass is 35.5. The van der Waals surface area contributed by atoms with Crippen molar-refractivity contribution in [2.45, 2.75) is 12.7 Å². The van der Waals surface area contributed by atoms with Gasteiger partial charge in [0.2, 0.25) is 0 Å². The maximum absolute atomic E-state index is 12.1. The van der Waals surface area contributed by atoms with Crippen molar-refractivity contribution in [1.82, 2.24) is 15.3 Å². The zero-order valence-corrected chi connectivity index (χ0v) is 18.1. The molecule has 4 N–H and O–H groups in total. The molecule has 4 rings (SSSR count). The number of amides is 2. The van der Waals surface area contributed by atoms with Gasteiger partial charge in [0.15, 0.2) is 16.7 Å². The van der Waals surface area contributed by atoms with Gasteiger partial charge in [0.05, 0.1) is 5.51 Å². The summed E-state index contributed by atoms with van der Waals surface area (Å²) in [4.78, 5) is 31.7. The van der Waals surface area contributed by atoms with E-state index in [-0.39, 0.29) is 6.03 Å². The van der Waals surface area contributed by atoms with Gasteiger partial charge in [0.1, 0.15) is 5.97 Å². The van der Waals surface area contributed by atoms with Gasteiger partial charge in [-0.1, -0.05) is 23.7 Å². The summed E-state index contributed by atoms with van der Waals surface area (Å²) in [5, 5.41) is 17.0. The van der Waals surface area contributed by atoms with E-state index >= 15 is 0 Å². The van der Waals surface area contributed by atoms with Crippen molar-refractivity contribution >= 4 is 51.7 Å². The molecule has 8 nitrogen and oxygen atoms in total. The standard InChI is InChI=1S/C18H14ClN5OS.C2HF3O2/c19-12-3-1-2-11(6-12)8-20-18(25)22-13-4-5-14-15(7-13)24-17(23-14)16-9-26-10-21-16;3-2(4,5)1(6)7/h1-7,9-10H,8H2,(H,23,24)(H2,20,22,25);(H,6,7). The van der Waals surface area contributed by atoms with Crippen molar-refractivity contribution in [3.8, 4) is 11.5 Å². The molecule has 0 aliphatic heterocycles.